The zero-order valence-corrected chi connectivity index (χ0v) is 19.5. The Morgan fingerprint density at radius 3 is 2.45 bits per heavy atom. The molecule has 0 unspecified atom stereocenters. The molecule has 2 aromatic rings. The Kier molecular flexibility index (Phi) is 7.79. The summed E-state index contributed by atoms with van der Waals surface area (Å²) in [7, 11) is 0. The second-order valence-electron chi connectivity index (χ2n) is 8.35. The first kappa shape index (κ1) is 23.4. The third kappa shape index (κ3) is 5.69. The van der Waals surface area contributed by atoms with Crippen molar-refractivity contribution in [2.24, 2.45) is 0 Å². The lowest BCUT2D eigenvalue weighted by Gasteiger charge is -2.22. The Bertz CT molecular complexity index is 915. The minimum Gasteiger partial charge on any atom is -0.438 e. The number of halogens is 1. The monoisotopic (exact) mass is 445 g/mol. The van der Waals surface area contributed by atoms with Crippen LogP contribution in [0.25, 0.3) is 0 Å². The number of hydrogen-bond acceptors (Lipinski definition) is 5. The van der Waals surface area contributed by atoms with Crippen LogP contribution in [-0.2, 0) is 0 Å². The normalized spacial score (nSPS) is 15.0. The van der Waals surface area contributed by atoms with Gasteiger partial charge in [-0.25, -0.2) is 4.98 Å². The van der Waals surface area contributed by atoms with E-state index in [2.05, 4.69) is 15.6 Å². The number of anilines is 1. The standard InChI is InChI=1S/C24H32ClN3O3/c1-5-18(13-29)27-20-12-16(4)26-24(21(20)23(30)28-19-8-6-7-9-19)31-22-14(2)10-17(25)11-15(22)3/h10-12,18-19,29H,5-9,13H2,1-4H3,(H,26,27)(H,28,30)/t18-/m0/s1. The largest absolute Gasteiger partial charge is 0.438 e. The number of nitrogens with one attached hydrogen (secondary N) is 2. The van der Waals surface area contributed by atoms with E-state index in [-0.39, 0.29) is 30.5 Å². The fraction of sp³-hybridized carbons (Fsp3) is 0.500. The van der Waals surface area contributed by atoms with Crippen LogP contribution in [0.15, 0.2) is 18.2 Å². The van der Waals surface area contributed by atoms with Crippen molar-refractivity contribution >= 4 is 23.2 Å². The van der Waals surface area contributed by atoms with Crippen LogP contribution in [0.5, 0.6) is 11.6 Å². The van der Waals surface area contributed by atoms with Crippen molar-refractivity contribution in [1.82, 2.24) is 10.3 Å². The van der Waals surface area contributed by atoms with Crippen LogP contribution in [0.1, 0.15) is 66.2 Å². The van der Waals surface area contributed by atoms with Gasteiger partial charge < -0.3 is 20.5 Å². The van der Waals surface area contributed by atoms with Crippen molar-refractivity contribution in [1.29, 1.82) is 0 Å². The van der Waals surface area contributed by atoms with Crippen molar-refractivity contribution in [2.45, 2.75) is 71.9 Å². The third-order valence-corrected chi connectivity index (χ3v) is 5.95. The van der Waals surface area contributed by atoms with Gasteiger partial charge in [0.2, 0.25) is 5.88 Å². The number of aromatic nitrogens is 1. The molecule has 0 saturated heterocycles. The molecular formula is C24H32ClN3O3. The topological polar surface area (TPSA) is 83.5 Å². The molecule has 0 aliphatic heterocycles. The molecule has 1 atom stereocenters. The van der Waals surface area contributed by atoms with Gasteiger partial charge in [0.15, 0.2) is 0 Å². The van der Waals surface area contributed by atoms with Crippen LogP contribution in [0.3, 0.4) is 0 Å². The highest BCUT2D eigenvalue weighted by atomic mass is 35.5. The SMILES string of the molecule is CC[C@@H](CO)Nc1cc(C)nc(Oc2c(C)cc(Cl)cc2C)c1C(=O)NC1CCCC1. The van der Waals surface area contributed by atoms with Crippen LogP contribution >= 0.6 is 11.6 Å². The molecule has 1 aromatic carbocycles. The molecule has 0 radical (unpaired) electrons. The van der Waals surface area contributed by atoms with Crippen molar-refractivity contribution in [3.63, 3.8) is 0 Å². The van der Waals surface area contributed by atoms with Gasteiger partial charge in [-0.1, -0.05) is 31.4 Å². The summed E-state index contributed by atoms with van der Waals surface area (Å²) in [6, 6.07) is 5.47. The van der Waals surface area contributed by atoms with Gasteiger partial charge in [-0.2, -0.15) is 0 Å². The van der Waals surface area contributed by atoms with Crippen molar-refractivity contribution in [2.75, 3.05) is 11.9 Å². The highest BCUT2D eigenvalue weighted by Gasteiger charge is 2.26. The third-order valence-electron chi connectivity index (χ3n) is 5.73. The van der Waals surface area contributed by atoms with Crippen LogP contribution in [-0.4, -0.2) is 34.7 Å². The average molecular weight is 446 g/mol. The number of aliphatic hydroxyl groups excluding tert-OH is 1. The minimum absolute atomic E-state index is 0.0346. The van der Waals surface area contributed by atoms with E-state index < -0.39 is 0 Å². The molecule has 1 fully saturated rings. The molecular weight excluding hydrogens is 414 g/mol. The summed E-state index contributed by atoms with van der Waals surface area (Å²) in [5.41, 5.74) is 3.42. The number of carbonyl (C=O) groups excluding carboxylic acids is 1. The number of hydrogen-bond donors (Lipinski definition) is 3. The number of aryl methyl sites for hydroxylation is 3. The lowest BCUT2D eigenvalue weighted by atomic mass is 10.1. The molecule has 3 N–H and O–H groups in total. The molecule has 31 heavy (non-hydrogen) atoms. The van der Waals surface area contributed by atoms with Crippen LogP contribution in [0.4, 0.5) is 5.69 Å². The molecule has 0 bridgehead atoms. The Morgan fingerprint density at radius 2 is 1.87 bits per heavy atom. The number of nitrogens with zero attached hydrogens (tertiary/aromatic N) is 1. The number of rotatable bonds is 8. The second kappa shape index (κ2) is 10.3. The number of carbonyl (C=O) groups is 1. The molecule has 1 heterocycles. The van der Waals surface area contributed by atoms with Gasteiger partial charge in [0.1, 0.15) is 11.3 Å². The highest BCUT2D eigenvalue weighted by Crippen LogP contribution is 2.35. The van der Waals surface area contributed by atoms with Gasteiger partial charge in [-0.15, -0.1) is 0 Å². The van der Waals surface area contributed by atoms with E-state index in [4.69, 9.17) is 16.3 Å². The summed E-state index contributed by atoms with van der Waals surface area (Å²) < 4.78 is 6.25. The van der Waals surface area contributed by atoms with Gasteiger partial charge in [0.05, 0.1) is 12.3 Å². The number of aliphatic hydroxyl groups is 1. The van der Waals surface area contributed by atoms with E-state index in [1.807, 2.05) is 45.9 Å². The predicted molar refractivity (Wildman–Crippen MR) is 124 cm³/mol. The summed E-state index contributed by atoms with van der Waals surface area (Å²) in [5.74, 6) is 0.672. The zero-order valence-electron chi connectivity index (χ0n) is 18.7. The quantitative estimate of drug-likeness (QED) is 0.513. The molecule has 0 spiro atoms. The summed E-state index contributed by atoms with van der Waals surface area (Å²) >= 11 is 6.17. The van der Waals surface area contributed by atoms with Gasteiger partial charge in [-0.05, 0) is 69.4 Å². The lowest BCUT2D eigenvalue weighted by molar-refractivity contribution is 0.0935. The Balaban J connectivity index is 2.05. The second-order valence-corrected chi connectivity index (χ2v) is 8.79. The number of amides is 1. The molecule has 1 aliphatic carbocycles. The van der Waals surface area contributed by atoms with E-state index in [1.165, 1.54) is 0 Å². The van der Waals surface area contributed by atoms with Gasteiger partial charge in [0, 0.05) is 22.8 Å². The minimum atomic E-state index is -0.214. The number of benzene rings is 1. The van der Waals surface area contributed by atoms with Crippen LogP contribution < -0.4 is 15.4 Å². The summed E-state index contributed by atoms with van der Waals surface area (Å²) in [6.07, 6.45) is 4.92. The van der Waals surface area contributed by atoms with Gasteiger partial charge in [0.25, 0.3) is 5.91 Å². The summed E-state index contributed by atoms with van der Waals surface area (Å²) in [4.78, 5) is 17.9. The van der Waals surface area contributed by atoms with Crippen LogP contribution in [0, 0.1) is 20.8 Å². The van der Waals surface area contributed by atoms with Crippen molar-refractivity contribution in [3.8, 4) is 11.6 Å². The van der Waals surface area contributed by atoms with E-state index in [0.29, 0.717) is 34.1 Å². The fourth-order valence-electron chi connectivity index (χ4n) is 4.03. The fourth-order valence-corrected chi connectivity index (χ4v) is 4.36. The lowest BCUT2D eigenvalue weighted by Crippen LogP contribution is -2.34. The Morgan fingerprint density at radius 1 is 1.23 bits per heavy atom. The van der Waals surface area contributed by atoms with Gasteiger partial charge >= 0.3 is 0 Å². The molecule has 3 rings (SSSR count). The highest BCUT2D eigenvalue weighted by molar-refractivity contribution is 6.30. The summed E-state index contributed by atoms with van der Waals surface area (Å²) in [5, 5.41) is 16.8. The molecule has 1 aliphatic rings. The summed E-state index contributed by atoms with van der Waals surface area (Å²) in [6.45, 7) is 7.64. The molecule has 1 amide bonds. The maximum atomic E-state index is 13.4. The smallest absolute Gasteiger partial charge is 0.259 e. The Hall–Kier alpha value is -2.31. The maximum absolute atomic E-state index is 13.4. The zero-order chi connectivity index (χ0) is 22.5. The van der Waals surface area contributed by atoms with Gasteiger partial charge in [-0.3, -0.25) is 4.79 Å². The molecule has 168 valence electrons. The maximum Gasteiger partial charge on any atom is 0.259 e. The number of pyridine rings is 1. The first-order valence-corrected chi connectivity index (χ1v) is 11.3. The Labute approximate surface area is 189 Å². The van der Waals surface area contributed by atoms with Crippen molar-refractivity contribution < 1.29 is 14.6 Å². The molecule has 1 saturated carbocycles. The molecule has 6 nitrogen and oxygen atoms in total. The van der Waals surface area contributed by atoms with E-state index >= 15 is 0 Å². The first-order chi connectivity index (χ1) is 14.8. The van der Waals surface area contributed by atoms with E-state index in [9.17, 15) is 9.90 Å². The average Bonchev–Trinajstić information content (AvgIpc) is 3.21. The van der Waals surface area contributed by atoms with Crippen molar-refractivity contribution in [3.05, 3.63) is 45.6 Å². The van der Waals surface area contributed by atoms with Crippen LogP contribution in [0.2, 0.25) is 5.02 Å². The van der Waals surface area contributed by atoms with E-state index in [0.717, 1.165) is 36.8 Å². The predicted octanol–water partition coefficient (Wildman–Crippen LogP) is 5.31. The molecule has 7 heteroatoms. The first-order valence-electron chi connectivity index (χ1n) is 11.0. The number of ether oxygens (including phenoxy) is 1. The van der Waals surface area contributed by atoms with E-state index in [1.54, 1.807) is 0 Å². The molecule has 1 aromatic heterocycles.